The molecule has 0 atom stereocenters. The number of methoxy groups -OCH3 is 2. The van der Waals surface area contributed by atoms with Gasteiger partial charge in [-0.3, -0.25) is 10.1 Å². The lowest BCUT2D eigenvalue weighted by Crippen LogP contribution is -2.13. The van der Waals surface area contributed by atoms with Crippen LogP contribution in [0.25, 0.3) is 22.2 Å². The molecule has 0 aliphatic rings. The van der Waals surface area contributed by atoms with Crippen LogP contribution >= 0.6 is 11.3 Å². The number of thiazole rings is 1. The number of nitrogens with zero attached hydrogens (tertiary/aromatic N) is 1. The Morgan fingerprint density at radius 2 is 1.93 bits per heavy atom. The molecule has 2 aromatic heterocycles. The normalized spacial score (nSPS) is 10.7. The zero-order valence-electron chi connectivity index (χ0n) is 15.6. The van der Waals surface area contributed by atoms with Crippen molar-refractivity contribution in [3.63, 3.8) is 0 Å². The third-order valence-electron chi connectivity index (χ3n) is 4.29. The highest BCUT2D eigenvalue weighted by Gasteiger charge is 2.17. The SMILES string of the molecule is COc1ccc(OC)c(C(=O)Nc2nc(-c3cc4ccccc4oc3=O)cs2)c1. The van der Waals surface area contributed by atoms with Crippen LogP contribution in [0.15, 0.2) is 63.1 Å². The molecule has 0 fully saturated rings. The van der Waals surface area contributed by atoms with Crippen molar-refractivity contribution in [2.24, 2.45) is 0 Å². The van der Waals surface area contributed by atoms with E-state index in [1.165, 1.54) is 25.6 Å². The molecule has 0 aliphatic carbocycles. The second-order valence-electron chi connectivity index (χ2n) is 6.04. The van der Waals surface area contributed by atoms with E-state index >= 15 is 0 Å². The highest BCUT2D eigenvalue weighted by Crippen LogP contribution is 2.28. The van der Waals surface area contributed by atoms with E-state index in [0.717, 1.165) is 5.39 Å². The second-order valence-corrected chi connectivity index (χ2v) is 6.90. The van der Waals surface area contributed by atoms with Crippen molar-refractivity contribution in [2.45, 2.75) is 0 Å². The molecule has 1 N–H and O–H groups in total. The number of nitrogens with one attached hydrogen (secondary N) is 1. The molecule has 8 heteroatoms. The molecule has 0 aliphatic heterocycles. The van der Waals surface area contributed by atoms with Gasteiger partial charge in [0.25, 0.3) is 5.91 Å². The van der Waals surface area contributed by atoms with Crippen LogP contribution in [0.1, 0.15) is 10.4 Å². The van der Waals surface area contributed by atoms with Gasteiger partial charge in [-0.05, 0) is 30.3 Å². The van der Waals surface area contributed by atoms with Gasteiger partial charge in [-0.25, -0.2) is 9.78 Å². The van der Waals surface area contributed by atoms with Gasteiger partial charge in [0.2, 0.25) is 0 Å². The van der Waals surface area contributed by atoms with Crippen molar-refractivity contribution >= 4 is 33.3 Å². The van der Waals surface area contributed by atoms with Gasteiger partial charge >= 0.3 is 5.63 Å². The van der Waals surface area contributed by atoms with Crippen LogP contribution in [0, 0.1) is 0 Å². The fourth-order valence-corrected chi connectivity index (χ4v) is 3.56. The van der Waals surface area contributed by atoms with E-state index in [0.29, 0.717) is 39.0 Å². The lowest BCUT2D eigenvalue weighted by atomic mass is 10.1. The van der Waals surface area contributed by atoms with Crippen molar-refractivity contribution in [1.29, 1.82) is 0 Å². The molecule has 4 aromatic rings. The Morgan fingerprint density at radius 1 is 1.10 bits per heavy atom. The highest BCUT2D eigenvalue weighted by atomic mass is 32.1. The number of anilines is 1. The van der Waals surface area contributed by atoms with Gasteiger partial charge in [-0.15, -0.1) is 11.3 Å². The van der Waals surface area contributed by atoms with Crippen molar-refractivity contribution in [3.05, 3.63) is 69.9 Å². The number of hydrogen-bond donors (Lipinski definition) is 1. The molecular formula is C21H16N2O5S. The first-order chi connectivity index (χ1) is 14.1. The van der Waals surface area contributed by atoms with Gasteiger partial charge in [-0.1, -0.05) is 18.2 Å². The van der Waals surface area contributed by atoms with E-state index in [1.807, 2.05) is 12.1 Å². The van der Waals surface area contributed by atoms with Crippen LogP contribution in [0.2, 0.25) is 0 Å². The molecule has 0 saturated heterocycles. The van der Waals surface area contributed by atoms with E-state index in [4.69, 9.17) is 13.9 Å². The molecule has 146 valence electrons. The lowest BCUT2D eigenvalue weighted by Gasteiger charge is -2.09. The standard InChI is InChI=1S/C21H16N2O5S/c1-26-13-7-8-18(27-2)15(10-13)19(24)23-21-22-16(11-29-21)14-9-12-5-3-4-6-17(12)28-20(14)25/h3-11H,1-2H3,(H,22,23,24). The molecule has 2 heterocycles. The molecule has 4 rings (SSSR count). The number of ether oxygens (including phenoxy) is 2. The van der Waals surface area contributed by atoms with E-state index in [1.54, 1.807) is 41.8 Å². The first-order valence-electron chi connectivity index (χ1n) is 8.61. The van der Waals surface area contributed by atoms with E-state index in [2.05, 4.69) is 10.3 Å². The lowest BCUT2D eigenvalue weighted by molar-refractivity contribution is 0.102. The van der Waals surface area contributed by atoms with Gasteiger partial charge in [-0.2, -0.15) is 0 Å². The van der Waals surface area contributed by atoms with Crippen molar-refractivity contribution < 1.29 is 18.7 Å². The van der Waals surface area contributed by atoms with E-state index < -0.39 is 11.5 Å². The summed E-state index contributed by atoms with van der Waals surface area (Å²) in [5.74, 6) is 0.548. The minimum atomic E-state index is -0.485. The summed E-state index contributed by atoms with van der Waals surface area (Å²) < 4.78 is 15.8. The Morgan fingerprint density at radius 3 is 2.72 bits per heavy atom. The van der Waals surface area contributed by atoms with Crippen molar-refractivity contribution in [3.8, 4) is 22.8 Å². The minimum absolute atomic E-state index is 0.314. The predicted octanol–water partition coefficient (Wildman–Crippen LogP) is 4.19. The molecule has 2 aromatic carbocycles. The number of carbonyl (C=O) groups excluding carboxylic acids is 1. The van der Waals surface area contributed by atoms with Gasteiger partial charge in [0, 0.05) is 10.8 Å². The average Bonchev–Trinajstić information content (AvgIpc) is 3.20. The summed E-state index contributed by atoms with van der Waals surface area (Å²) in [6, 6.07) is 13.9. The van der Waals surface area contributed by atoms with Crippen molar-refractivity contribution in [1.82, 2.24) is 4.98 Å². The van der Waals surface area contributed by atoms with E-state index in [-0.39, 0.29) is 0 Å². The zero-order valence-corrected chi connectivity index (χ0v) is 16.4. The average molecular weight is 408 g/mol. The second kappa shape index (κ2) is 7.76. The fraction of sp³-hybridized carbons (Fsp3) is 0.0952. The van der Waals surface area contributed by atoms with Gasteiger partial charge < -0.3 is 13.9 Å². The van der Waals surface area contributed by atoms with Crippen LogP contribution in [0.5, 0.6) is 11.5 Å². The summed E-state index contributed by atoms with van der Waals surface area (Å²) >= 11 is 1.21. The summed E-state index contributed by atoms with van der Waals surface area (Å²) in [5.41, 5.74) is 1.10. The smallest absolute Gasteiger partial charge is 0.345 e. The predicted molar refractivity (Wildman–Crippen MR) is 111 cm³/mol. The summed E-state index contributed by atoms with van der Waals surface area (Å²) in [6.45, 7) is 0. The van der Waals surface area contributed by atoms with Crippen LogP contribution in [0.4, 0.5) is 5.13 Å². The Labute approximate surface area is 169 Å². The summed E-state index contributed by atoms with van der Waals surface area (Å²) in [6.07, 6.45) is 0. The third-order valence-corrected chi connectivity index (χ3v) is 5.05. The molecule has 0 spiro atoms. The highest BCUT2D eigenvalue weighted by molar-refractivity contribution is 7.14. The fourth-order valence-electron chi connectivity index (χ4n) is 2.85. The minimum Gasteiger partial charge on any atom is -0.497 e. The van der Waals surface area contributed by atoms with Crippen molar-refractivity contribution in [2.75, 3.05) is 19.5 Å². The van der Waals surface area contributed by atoms with Crippen LogP contribution in [-0.2, 0) is 0 Å². The molecule has 0 unspecified atom stereocenters. The number of carbonyl (C=O) groups is 1. The topological polar surface area (TPSA) is 90.7 Å². The molecular weight excluding hydrogens is 392 g/mol. The maximum absolute atomic E-state index is 12.7. The number of amides is 1. The van der Waals surface area contributed by atoms with Crippen LogP contribution < -0.4 is 20.4 Å². The number of fused-ring (bicyclic) bond motifs is 1. The molecule has 1 amide bonds. The zero-order chi connectivity index (χ0) is 20.4. The van der Waals surface area contributed by atoms with Gasteiger partial charge in [0.1, 0.15) is 17.1 Å². The van der Waals surface area contributed by atoms with Crippen LogP contribution in [-0.4, -0.2) is 25.1 Å². The van der Waals surface area contributed by atoms with Crippen LogP contribution in [0.3, 0.4) is 0 Å². The molecule has 0 radical (unpaired) electrons. The number of benzene rings is 2. The maximum Gasteiger partial charge on any atom is 0.345 e. The Bertz CT molecular complexity index is 1260. The number of aromatic nitrogens is 1. The van der Waals surface area contributed by atoms with E-state index in [9.17, 15) is 9.59 Å². The number of hydrogen-bond acceptors (Lipinski definition) is 7. The molecule has 7 nitrogen and oxygen atoms in total. The number of para-hydroxylation sites is 1. The largest absolute Gasteiger partial charge is 0.497 e. The van der Waals surface area contributed by atoms with Gasteiger partial charge in [0.05, 0.1) is 31.0 Å². The first-order valence-corrected chi connectivity index (χ1v) is 9.49. The maximum atomic E-state index is 12.7. The van der Waals surface area contributed by atoms with Gasteiger partial charge in [0.15, 0.2) is 5.13 Å². The number of rotatable bonds is 5. The summed E-state index contributed by atoms with van der Waals surface area (Å²) in [7, 11) is 3.00. The molecule has 29 heavy (non-hydrogen) atoms. The Kier molecular flexibility index (Phi) is 5.01. The molecule has 0 saturated carbocycles. The Hall–Kier alpha value is -3.65. The summed E-state index contributed by atoms with van der Waals surface area (Å²) in [4.78, 5) is 29.4. The summed E-state index contributed by atoms with van der Waals surface area (Å²) in [5, 5.41) is 5.57. The molecule has 0 bridgehead atoms. The Balaban J connectivity index is 1.63. The monoisotopic (exact) mass is 408 g/mol. The quantitative estimate of drug-likeness (QED) is 0.498. The first kappa shape index (κ1) is 18.7. The third kappa shape index (κ3) is 3.70.